The van der Waals surface area contributed by atoms with Gasteiger partial charge in [-0.3, -0.25) is 19.7 Å². The number of nitro groups is 1. The zero-order chi connectivity index (χ0) is 29.9. The standard InChI is InChI=1S/C28H28N6O7.CH4/c1-17-15-28(2,3)32(11-5-6-27(37)41-33-25(35)9-10-26(33)36)23-14-24(40-4)22(13-20(17)23)31-30-21-8-7-19(34(38)39)12-18(21)16-29;/h7-8,12-15H,5-6,9-11H2,1-4H3;1H4. The summed E-state index contributed by atoms with van der Waals surface area (Å²) in [5.41, 5.74) is 2.63. The van der Waals surface area contributed by atoms with Gasteiger partial charge in [0, 0.05) is 55.3 Å². The van der Waals surface area contributed by atoms with Crippen LogP contribution in [-0.2, 0) is 19.2 Å². The number of imide groups is 1. The van der Waals surface area contributed by atoms with Crippen molar-refractivity contribution in [1.82, 2.24) is 5.06 Å². The van der Waals surface area contributed by atoms with Crippen LogP contribution in [0.15, 0.2) is 46.6 Å². The zero-order valence-electron chi connectivity index (χ0n) is 23.0. The summed E-state index contributed by atoms with van der Waals surface area (Å²) in [6.45, 7) is 6.50. The lowest BCUT2D eigenvalue weighted by molar-refractivity contribution is -0.384. The summed E-state index contributed by atoms with van der Waals surface area (Å²) in [6, 6.07) is 9.29. The molecule has 2 aromatic carbocycles. The number of azo groups is 1. The number of hydrogen-bond acceptors (Lipinski definition) is 11. The minimum absolute atomic E-state index is 0. The maximum atomic E-state index is 12.3. The molecule has 2 aliphatic heterocycles. The molecule has 0 spiro atoms. The third kappa shape index (κ3) is 6.43. The fourth-order valence-corrected chi connectivity index (χ4v) is 4.85. The van der Waals surface area contributed by atoms with E-state index in [-0.39, 0.29) is 43.6 Å². The Bertz CT molecular complexity index is 1520. The lowest BCUT2D eigenvalue weighted by atomic mass is 9.88. The molecule has 0 bridgehead atoms. The van der Waals surface area contributed by atoms with Crippen LogP contribution in [0.25, 0.3) is 5.57 Å². The van der Waals surface area contributed by atoms with Crippen molar-refractivity contribution in [2.24, 2.45) is 10.2 Å². The van der Waals surface area contributed by atoms with Gasteiger partial charge in [-0.25, -0.2) is 4.79 Å². The van der Waals surface area contributed by atoms with Gasteiger partial charge in [0.15, 0.2) is 0 Å². The summed E-state index contributed by atoms with van der Waals surface area (Å²) in [5, 5.41) is 29.5. The van der Waals surface area contributed by atoms with E-state index in [0.29, 0.717) is 29.5 Å². The number of nitrogens with zero attached hydrogens (tertiary/aromatic N) is 6. The molecule has 13 nitrogen and oxygen atoms in total. The monoisotopic (exact) mass is 576 g/mol. The molecule has 0 aliphatic carbocycles. The lowest BCUT2D eigenvalue weighted by Gasteiger charge is -2.43. The molecule has 1 saturated heterocycles. The highest BCUT2D eigenvalue weighted by atomic mass is 16.7. The van der Waals surface area contributed by atoms with Crippen LogP contribution in [0.5, 0.6) is 5.75 Å². The molecule has 0 aromatic heterocycles. The fourth-order valence-electron chi connectivity index (χ4n) is 4.85. The molecule has 0 radical (unpaired) electrons. The Labute approximate surface area is 243 Å². The topological polar surface area (TPSA) is 168 Å². The Hall–Kier alpha value is -5.12. The van der Waals surface area contributed by atoms with Crippen molar-refractivity contribution in [1.29, 1.82) is 5.26 Å². The number of hydroxylamine groups is 2. The molecule has 1 fully saturated rings. The van der Waals surface area contributed by atoms with Crippen molar-refractivity contribution in [3.05, 3.63) is 57.6 Å². The number of nitro benzene ring substituents is 1. The lowest BCUT2D eigenvalue weighted by Crippen LogP contribution is -2.45. The van der Waals surface area contributed by atoms with Crippen LogP contribution in [0.3, 0.4) is 0 Å². The first-order valence-corrected chi connectivity index (χ1v) is 12.8. The minimum atomic E-state index is -0.660. The van der Waals surface area contributed by atoms with Gasteiger partial charge in [-0.15, -0.1) is 15.3 Å². The molecule has 0 unspecified atom stereocenters. The average Bonchev–Trinajstić information content (AvgIpc) is 3.24. The molecular formula is C29H32N6O7. The molecule has 2 aliphatic rings. The Balaban J connectivity index is 0.00000484. The smallest absolute Gasteiger partial charge is 0.333 e. The Morgan fingerprint density at radius 2 is 1.81 bits per heavy atom. The van der Waals surface area contributed by atoms with Gasteiger partial charge < -0.3 is 14.5 Å². The Kier molecular flexibility index (Phi) is 9.42. The molecule has 0 atom stereocenters. The summed E-state index contributed by atoms with van der Waals surface area (Å²) in [4.78, 5) is 53.3. The molecule has 2 aromatic rings. The molecule has 0 saturated carbocycles. The summed E-state index contributed by atoms with van der Waals surface area (Å²) in [5.74, 6) is -1.29. The average molecular weight is 577 g/mol. The second kappa shape index (κ2) is 12.6. The van der Waals surface area contributed by atoms with Gasteiger partial charge in [-0.05, 0) is 44.9 Å². The number of hydrogen-bond donors (Lipinski definition) is 0. The van der Waals surface area contributed by atoms with E-state index in [4.69, 9.17) is 9.57 Å². The van der Waals surface area contributed by atoms with Gasteiger partial charge in [0.05, 0.1) is 23.1 Å². The van der Waals surface area contributed by atoms with Crippen LogP contribution < -0.4 is 9.64 Å². The highest BCUT2D eigenvalue weighted by molar-refractivity contribution is 6.01. The molecule has 42 heavy (non-hydrogen) atoms. The number of amides is 2. The number of nitriles is 1. The summed E-state index contributed by atoms with van der Waals surface area (Å²) in [7, 11) is 1.49. The van der Waals surface area contributed by atoms with E-state index in [1.807, 2.05) is 39.0 Å². The van der Waals surface area contributed by atoms with Crippen LogP contribution >= 0.6 is 0 Å². The van der Waals surface area contributed by atoms with Gasteiger partial charge in [0.1, 0.15) is 23.2 Å². The first-order valence-electron chi connectivity index (χ1n) is 12.8. The van der Waals surface area contributed by atoms with E-state index < -0.39 is 28.2 Å². The number of methoxy groups -OCH3 is 1. The number of allylic oxidation sites excluding steroid dienone is 1. The van der Waals surface area contributed by atoms with Crippen molar-refractivity contribution < 1.29 is 28.9 Å². The van der Waals surface area contributed by atoms with Crippen molar-refractivity contribution in [3.63, 3.8) is 0 Å². The van der Waals surface area contributed by atoms with Crippen molar-refractivity contribution in [2.45, 2.75) is 59.4 Å². The second-order valence-electron chi connectivity index (χ2n) is 10.1. The number of benzene rings is 2. The largest absolute Gasteiger partial charge is 0.494 e. The Morgan fingerprint density at radius 3 is 2.43 bits per heavy atom. The van der Waals surface area contributed by atoms with Crippen LogP contribution in [0, 0.1) is 21.4 Å². The first kappa shape index (κ1) is 31.4. The van der Waals surface area contributed by atoms with E-state index in [9.17, 15) is 29.8 Å². The van der Waals surface area contributed by atoms with Crippen LogP contribution in [-0.4, -0.2) is 47.0 Å². The van der Waals surface area contributed by atoms with Crippen LogP contribution in [0.4, 0.5) is 22.7 Å². The highest BCUT2D eigenvalue weighted by Crippen LogP contribution is 2.45. The number of non-ortho nitro benzene ring substituents is 1. The van der Waals surface area contributed by atoms with Crippen LogP contribution in [0.2, 0.25) is 0 Å². The number of ether oxygens (including phenoxy) is 1. The maximum absolute atomic E-state index is 12.3. The highest BCUT2D eigenvalue weighted by Gasteiger charge is 2.34. The van der Waals surface area contributed by atoms with Crippen LogP contribution in [0.1, 0.15) is 65.0 Å². The summed E-state index contributed by atoms with van der Waals surface area (Å²) in [6.07, 6.45) is 2.56. The van der Waals surface area contributed by atoms with E-state index in [1.54, 1.807) is 0 Å². The van der Waals surface area contributed by atoms with E-state index >= 15 is 0 Å². The molecule has 0 N–H and O–H groups in total. The fraction of sp³-hybridized carbons (Fsp3) is 0.379. The van der Waals surface area contributed by atoms with Crippen molar-refractivity contribution >= 4 is 46.1 Å². The number of rotatable bonds is 9. The quantitative estimate of drug-likeness (QED) is 0.152. The third-order valence-electron chi connectivity index (χ3n) is 6.82. The molecule has 13 heteroatoms. The van der Waals surface area contributed by atoms with Crippen molar-refractivity contribution in [3.8, 4) is 11.8 Å². The van der Waals surface area contributed by atoms with Gasteiger partial charge in [-0.1, -0.05) is 13.5 Å². The molecular weight excluding hydrogens is 544 g/mol. The number of anilines is 1. The maximum Gasteiger partial charge on any atom is 0.333 e. The van der Waals surface area contributed by atoms with Gasteiger partial charge in [0.2, 0.25) is 0 Å². The van der Waals surface area contributed by atoms with Crippen molar-refractivity contribution in [2.75, 3.05) is 18.6 Å². The van der Waals surface area contributed by atoms with E-state index in [2.05, 4.69) is 21.2 Å². The second-order valence-corrected chi connectivity index (χ2v) is 10.1. The minimum Gasteiger partial charge on any atom is -0.494 e. The number of carbonyl (C=O) groups excluding carboxylic acids is 3. The summed E-state index contributed by atoms with van der Waals surface area (Å²) < 4.78 is 5.60. The summed E-state index contributed by atoms with van der Waals surface area (Å²) >= 11 is 0. The molecule has 4 rings (SSSR count). The SMILES string of the molecule is C.COc1cc2c(cc1N=Nc1ccc([N+](=O)[O-])cc1C#N)C(C)=CC(C)(C)N2CCCC(=O)ON1C(=O)CCC1=O. The number of fused-ring (bicyclic) bond motifs is 1. The molecule has 220 valence electrons. The predicted molar refractivity (Wildman–Crippen MR) is 153 cm³/mol. The zero-order valence-corrected chi connectivity index (χ0v) is 23.0. The Morgan fingerprint density at radius 1 is 1.14 bits per heavy atom. The predicted octanol–water partition coefficient (Wildman–Crippen LogP) is 5.92. The molecule has 2 amide bonds. The normalized spacial score (nSPS) is 15.5. The van der Waals surface area contributed by atoms with Gasteiger partial charge in [-0.2, -0.15) is 5.26 Å². The van der Waals surface area contributed by atoms with E-state index in [0.717, 1.165) is 22.9 Å². The van der Waals surface area contributed by atoms with Gasteiger partial charge >= 0.3 is 5.97 Å². The van der Waals surface area contributed by atoms with Gasteiger partial charge in [0.25, 0.3) is 17.5 Å². The van der Waals surface area contributed by atoms with E-state index in [1.165, 1.54) is 19.2 Å². The molecule has 2 heterocycles. The number of carbonyl (C=O) groups is 3. The third-order valence-corrected chi connectivity index (χ3v) is 6.82. The first-order chi connectivity index (χ1) is 19.4.